The Hall–Kier alpha value is -0.970. The first-order valence-electron chi connectivity index (χ1n) is 4.84. The second-order valence-electron chi connectivity index (χ2n) is 3.51. The maximum Gasteiger partial charge on any atom is 0.417 e. The Morgan fingerprint density at radius 1 is 1.50 bits per heavy atom. The van der Waals surface area contributed by atoms with E-state index in [9.17, 15) is 13.2 Å². The average molecular weight is 253 g/mol. The van der Waals surface area contributed by atoms with Crippen LogP contribution in [0.4, 0.5) is 19.0 Å². The van der Waals surface area contributed by atoms with Crippen LogP contribution in [0.3, 0.4) is 0 Å². The highest BCUT2D eigenvalue weighted by atomic mass is 35.5. The molecule has 0 aliphatic carbocycles. The summed E-state index contributed by atoms with van der Waals surface area (Å²) < 4.78 is 36.9. The van der Waals surface area contributed by atoms with E-state index in [1.54, 1.807) is 0 Å². The maximum absolute atomic E-state index is 12.3. The van der Waals surface area contributed by atoms with Crippen LogP contribution >= 0.6 is 11.6 Å². The molecule has 0 fully saturated rings. The van der Waals surface area contributed by atoms with Gasteiger partial charge in [-0.2, -0.15) is 13.2 Å². The smallest absolute Gasteiger partial charge is 0.366 e. The average Bonchev–Trinajstić information content (AvgIpc) is 2.19. The monoisotopic (exact) mass is 252 g/mol. The maximum atomic E-state index is 12.3. The van der Waals surface area contributed by atoms with E-state index in [4.69, 9.17) is 11.6 Å². The number of halogens is 4. The number of nitrogens with zero attached hydrogens (tertiary/aromatic N) is 1. The number of hydrogen-bond acceptors (Lipinski definition) is 2. The van der Waals surface area contributed by atoms with E-state index in [0.717, 1.165) is 18.7 Å². The molecule has 0 amide bonds. The molecule has 2 nitrogen and oxygen atoms in total. The lowest BCUT2D eigenvalue weighted by molar-refractivity contribution is -0.137. The van der Waals surface area contributed by atoms with Crippen LogP contribution in [0.25, 0.3) is 0 Å². The number of anilines is 1. The molecule has 0 saturated heterocycles. The summed E-state index contributed by atoms with van der Waals surface area (Å²) in [6, 6.07) is 0.987. The molecule has 6 heteroatoms. The SMILES string of the molecule is CC[C@H](C)Nc1ncc(C(F)(F)F)cc1Cl. The number of nitrogens with one attached hydrogen (secondary N) is 1. The van der Waals surface area contributed by atoms with E-state index in [1.807, 2.05) is 13.8 Å². The lowest BCUT2D eigenvalue weighted by Gasteiger charge is -2.14. The zero-order valence-electron chi connectivity index (χ0n) is 8.90. The predicted octanol–water partition coefficient (Wildman–Crippen LogP) is 3.96. The van der Waals surface area contributed by atoms with Crippen LogP contribution < -0.4 is 5.32 Å². The summed E-state index contributed by atoms with van der Waals surface area (Å²) in [7, 11) is 0. The highest BCUT2D eigenvalue weighted by Crippen LogP contribution is 2.32. The molecule has 1 rings (SSSR count). The second kappa shape index (κ2) is 4.91. The van der Waals surface area contributed by atoms with Gasteiger partial charge in [0, 0.05) is 12.2 Å². The van der Waals surface area contributed by atoms with Crippen molar-refractivity contribution in [3.63, 3.8) is 0 Å². The highest BCUT2D eigenvalue weighted by Gasteiger charge is 2.31. The number of hydrogen-bond donors (Lipinski definition) is 1. The lowest BCUT2D eigenvalue weighted by atomic mass is 10.2. The Morgan fingerprint density at radius 3 is 2.56 bits per heavy atom. The fraction of sp³-hybridized carbons (Fsp3) is 0.500. The molecule has 90 valence electrons. The van der Waals surface area contributed by atoms with Gasteiger partial charge in [0.05, 0.1) is 10.6 Å². The van der Waals surface area contributed by atoms with Crippen molar-refractivity contribution in [3.05, 3.63) is 22.8 Å². The third-order valence-electron chi connectivity index (χ3n) is 2.16. The van der Waals surface area contributed by atoms with E-state index in [-0.39, 0.29) is 16.9 Å². The van der Waals surface area contributed by atoms with Crippen molar-refractivity contribution in [2.45, 2.75) is 32.5 Å². The number of aromatic nitrogens is 1. The van der Waals surface area contributed by atoms with Gasteiger partial charge in [-0.1, -0.05) is 18.5 Å². The first kappa shape index (κ1) is 13.1. The Labute approximate surface area is 96.8 Å². The Morgan fingerprint density at radius 2 is 2.12 bits per heavy atom. The first-order chi connectivity index (χ1) is 7.34. The van der Waals surface area contributed by atoms with Gasteiger partial charge >= 0.3 is 6.18 Å². The largest absolute Gasteiger partial charge is 0.417 e. The van der Waals surface area contributed by atoms with Crippen LogP contribution in [0.2, 0.25) is 5.02 Å². The van der Waals surface area contributed by atoms with Gasteiger partial charge in [-0.05, 0) is 19.4 Å². The number of rotatable bonds is 3. The Balaban J connectivity index is 2.92. The normalized spacial score (nSPS) is 13.6. The standard InChI is InChI=1S/C10H12ClF3N2/c1-3-6(2)16-9-8(11)4-7(5-15-9)10(12,13)14/h4-6H,3H2,1-2H3,(H,15,16)/t6-/m0/s1. The molecule has 16 heavy (non-hydrogen) atoms. The molecule has 0 radical (unpaired) electrons. The summed E-state index contributed by atoms with van der Waals surface area (Å²) in [4.78, 5) is 3.67. The minimum atomic E-state index is -4.41. The zero-order valence-corrected chi connectivity index (χ0v) is 9.65. The molecule has 1 heterocycles. The highest BCUT2D eigenvalue weighted by molar-refractivity contribution is 6.32. The second-order valence-corrected chi connectivity index (χ2v) is 3.91. The van der Waals surface area contributed by atoms with Gasteiger partial charge in [0.2, 0.25) is 0 Å². The van der Waals surface area contributed by atoms with Crippen molar-refractivity contribution >= 4 is 17.4 Å². The van der Waals surface area contributed by atoms with Crippen molar-refractivity contribution in [2.24, 2.45) is 0 Å². The van der Waals surface area contributed by atoms with E-state index in [0.29, 0.717) is 0 Å². The third kappa shape index (κ3) is 3.27. The quantitative estimate of drug-likeness (QED) is 0.881. The predicted molar refractivity (Wildman–Crippen MR) is 57.6 cm³/mol. The molecule has 0 unspecified atom stereocenters. The molecule has 0 saturated carbocycles. The van der Waals surface area contributed by atoms with Crippen molar-refractivity contribution < 1.29 is 13.2 Å². The van der Waals surface area contributed by atoms with E-state index >= 15 is 0 Å². The molecular formula is C10H12ClF3N2. The van der Waals surface area contributed by atoms with Crippen LogP contribution in [0.5, 0.6) is 0 Å². The van der Waals surface area contributed by atoms with Gasteiger partial charge in [0.1, 0.15) is 5.82 Å². The van der Waals surface area contributed by atoms with Crippen LogP contribution in [0.15, 0.2) is 12.3 Å². The summed E-state index contributed by atoms with van der Waals surface area (Å²) in [5.41, 5.74) is -0.841. The van der Waals surface area contributed by atoms with Crippen molar-refractivity contribution in [3.8, 4) is 0 Å². The molecule has 0 aromatic carbocycles. The van der Waals surface area contributed by atoms with Crippen molar-refractivity contribution in [1.29, 1.82) is 0 Å². The molecule has 1 aromatic heterocycles. The first-order valence-corrected chi connectivity index (χ1v) is 5.21. The minimum absolute atomic E-state index is 0.0184. The molecule has 0 bridgehead atoms. The molecule has 1 N–H and O–H groups in total. The van der Waals surface area contributed by atoms with Gasteiger partial charge < -0.3 is 5.32 Å². The Kier molecular flexibility index (Phi) is 4.02. The summed E-state index contributed by atoms with van der Waals surface area (Å²) in [6.45, 7) is 3.85. The number of pyridine rings is 1. The number of alkyl halides is 3. The van der Waals surface area contributed by atoms with Gasteiger partial charge in [0.25, 0.3) is 0 Å². The zero-order chi connectivity index (χ0) is 12.3. The van der Waals surface area contributed by atoms with Crippen molar-refractivity contribution in [1.82, 2.24) is 4.98 Å². The lowest BCUT2D eigenvalue weighted by Crippen LogP contribution is -2.15. The topological polar surface area (TPSA) is 24.9 Å². The van der Waals surface area contributed by atoms with Crippen LogP contribution in [0, 0.1) is 0 Å². The fourth-order valence-corrected chi connectivity index (χ4v) is 1.26. The molecule has 0 aliphatic heterocycles. The van der Waals surface area contributed by atoms with Gasteiger partial charge in [-0.15, -0.1) is 0 Å². The van der Waals surface area contributed by atoms with E-state index in [2.05, 4.69) is 10.3 Å². The minimum Gasteiger partial charge on any atom is -0.366 e. The molecule has 0 aliphatic rings. The van der Waals surface area contributed by atoms with Gasteiger partial charge in [-0.25, -0.2) is 4.98 Å². The van der Waals surface area contributed by atoms with E-state index < -0.39 is 11.7 Å². The summed E-state index contributed by atoms with van der Waals surface area (Å²) in [6.07, 6.45) is -2.80. The molecule has 0 spiro atoms. The van der Waals surface area contributed by atoms with Crippen LogP contribution in [0.1, 0.15) is 25.8 Å². The summed E-state index contributed by atoms with van der Waals surface area (Å²) in [5.74, 6) is 0.281. The third-order valence-corrected chi connectivity index (χ3v) is 2.45. The fourth-order valence-electron chi connectivity index (χ4n) is 1.03. The molecular weight excluding hydrogens is 241 g/mol. The van der Waals surface area contributed by atoms with Crippen LogP contribution in [-0.2, 0) is 6.18 Å². The van der Waals surface area contributed by atoms with E-state index in [1.165, 1.54) is 0 Å². The molecule has 1 aromatic rings. The summed E-state index contributed by atoms with van der Waals surface area (Å²) in [5, 5.41) is 2.91. The van der Waals surface area contributed by atoms with Gasteiger partial charge in [-0.3, -0.25) is 0 Å². The van der Waals surface area contributed by atoms with Crippen molar-refractivity contribution in [2.75, 3.05) is 5.32 Å². The van der Waals surface area contributed by atoms with Crippen LogP contribution in [-0.4, -0.2) is 11.0 Å². The summed E-state index contributed by atoms with van der Waals surface area (Å²) >= 11 is 5.71. The Bertz CT molecular complexity index is 366. The van der Waals surface area contributed by atoms with Gasteiger partial charge in [0.15, 0.2) is 0 Å². The molecule has 1 atom stereocenters.